The van der Waals surface area contributed by atoms with E-state index >= 15 is 0 Å². The van der Waals surface area contributed by atoms with E-state index in [0.717, 1.165) is 18.4 Å². The van der Waals surface area contributed by atoms with Gasteiger partial charge in [-0.25, -0.2) is 4.98 Å². The van der Waals surface area contributed by atoms with Crippen LogP contribution >= 0.6 is 24.8 Å². The number of hydrogen-bond acceptors (Lipinski definition) is 3. The molecule has 0 radical (unpaired) electrons. The molecule has 1 fully saturated rings. The minimum Gasteiger partial charge on any atom is -0.330 e. The summed E-state index contributed by atoms with van der Waals surface area (Å²) in [7, 11) is 0. The van der Waals surface area contributed by atoms with Gasteiger partial charge in [-0.1, -0.05) is 19.3 Å². The number of pyridine rings is 1. The molecule has 120 valence electrons. The molecule has 1 amide bonds. The Morgan fingerprint density at radius 3 is 2.57 bits per heavy atom. The molecule has 0 unspecified atom stereocenters. The summed E-state index contributed by atoms with van der Waals surface area (Å²) >= 11 is 0. The van der Waals surface area contributed by atoms with Crippen molar-refractivity contribution in [1.82, 2.24) is 4.98 Å². The summed E-state index contributed by atoms with van der Waals surface area (Å²) in [5.41, 5.74) is 7.01. The van der Waals surface area contributed by atoms with Crippen molar-refractivity contribution >= 4 is 36.5 Å². The molecule has 6 heteroatoms. The highest BCUT2D eigenvalue weighted by molar-refractivity contribution is 5.90. The summed E-state index contributed by atoms with van der Waals surface area (Å²) in [6.45, 7) is 2.58. The molecule has 1 aliphatic carbocycles. The second kappa shape index (κ2) is 9.23. The van der Waals surface area contributed by atoms with E-state index in [2.05, 4.69) is 10.3 Å². The quantitative estimate of drug-likeness (QED) is 0.886. The van der Waals surface area contributed by atoms with Crippen LogP contribution in [0.1, 0.15) is 44.1 Å². The van der Waals surface area contributed by atoms with E-state index in [1.54, 1.807) is 6.20 Å². The van der Waals surface area contributed by atoms with Gasteiger partial charge in [0.15, 0.2) is 0 Å². The summed E-state index contributed by atoms with van der Waals surface area (Å²) in [4.78, 5) is 16.3. The number of nitrogens with one attached hydrogen (secondary N) is 1. The number of nitrogens with two attached hydrogens (primary N) is 1. The minimum atomic E-state index is 0. The second-order valence-corrected chi connectivity index (χ2v) is 5.71. The normalized spacial score (nSPS) is 16.3. The largest absolute Gasteiger partial charge is 0.330 e. The van der Waals surface area contributed by atoms with Gasteiger partial charge in [0, 0.05) is 12.6 Å². The first kappa shape index (κ1) is 20.2. The molecule has 2 rings (SSSR count). The van der Waals surface area contributed by atoms with E-state index in [1.807, 2.05) is 19.1 Å². The number of halogens is 2. The van der Waals surface area contributed by atoms with Gasteiger partial charge in [0.25, 0.3) is 0 Å². The van der Waals surface area contributed by atoms with Crippen molar-refractivity contribution in [2.75, 3.05) is 11.9 Å². The summed E-state index contributed by atoms with van der Waals surface area (Å²) in [6.07, 6.45) is 8.00. The van der Waals surface area contributed by atoms with Crippen molar-refractivity contribution in [3.8, 4) is 0 Å². The van der Waals surface area contributed by atoms with Gasteiger partial charge in [0.05, 0.1) is 0 Å². The molecular formula is C15H25Cl2N3O. The van der Waals surface area contributed by atoms with Crippen molar-refractivity contribution < 1.29 is 4.79 Å². The van der Waals surface area contributed by atoms with Crippen molar-refractivity contribution in [2.24, 2.45) is 11.1 Å². The highest BCUT2D eigenvalue weighted by atomic mass is 35.5. The first-order valence-corrected chi connectivity index (χ1v) is 7.06. The molecule has 1 aromatic rings. The molecule has 0 atom stereocenters. The molecule has 4 nitrogen and oxygen atoms in total. The molecule has 0 saturated heterocycles. The Morgan fingerprint density at radius 1 is 1.33 bits per heavy atom. The Hall–Kier alpha value is -0.840. The lowest BCUT2D eigenvalue weighted by atomic mass is 9.71. The maximum Gasteiger partial charge on any atom is 0.226 e. The summed E-state index contributed by atoms with van der Waals surface area (Å²) in [5.74, 6) is 0.665. The Labute approximate surface area is 139 Å². The monoisotopic (exact) mass is 333 g/mol. The van der Waals surface area contributed by atoms with Crippen molar-refractivity contribution in [3.63, 3.8) is 0 Å². The van der Waals surface area contributed by atoms with Gasteiger partial charge in [0.2, 0.25) is 5.91 Å². The molecular weight excluding hydrogens is 309 g/mol. The number of carbonyl (C=O) groups excluding carboxylic acids is 1. The molecule has 0 aromatic carbocycles. The number of nitrogens with zero attached hydrogens (tertiary/aromatic N) is 1. The molecule has 1 saturated carbocycles. The van der Waals surface area contributed by atoms with E-state index < -0.39 is 0 Å². The van der Waals surface area contributed by atoms with Crippen molar-refractivity contribution in [2.45, 2.75) is 45.4 Å². The average molecular weight is 334 g/mol. The molecule has 0 spiro atoms. The fourth-order valence-corrected chi connectivity index (χ4v) is 2.89. The number of amides is 1. The number of rotatable bonds is 4. The molecule has 1 heterocycles. The van der Waals surface area contributed by atoms with E-state index in [-0.39, 0.29) is 36.1 Å². The van der Waals surface area contributed by atoms with Crippen LogP contribution in [0.25, 0.3) is 0 Å². The van der Waals surface area contributed by atoms with Crippen molar-refractivity contribution in [3.05, 3.63) is 23.9 Å². The Balaban J connectivity index is 0.00000200. The van der Waals surface area contributed by atoms with E-state index in [0.29, 0.717) is 18.8 Å². The zero-order valence-electron chi connectivity index (χ0n) is 12.4. The maximum atomic E-state index is 12.1. The fourth-order valence-electron chi connectivity index (χ4n) is 2.89. The average Bonchev–Trinajstić information content (AvgIpc) is 2.39. The van der Waals surface area contributed by atoms with Crippen LogP contribution in [0.2, 0.25) is 0 Å². The standard InChI is InChI=1S/C15H23N3O.2ClH/c1-12-5-8-17-13(9-12)18-14(19)10-15(11-16)6-3-2-4-7-15;;/h5,8-9H,2-4,6-7,10-11,16H2,1H3,(H,17,18,19);2*1H. The molecule has 1 aliphatic rings. The number of anilines is 1. The van der Waals surface area contributed by atoms with Crippen LogP contribution in [0, 0.1) is 12.3 Å². The van der Waals surface area contributed by atoms with Gasteiger partial charge < -0.3 is 11.1 Å². The van der Waals surface area contributed by atoms with Gasteiger partial charge in [-0.15, -0.1) is 24.8 Å². The summed E-state index contributed by atoms with van der Waals surface area (Å²) < 4.78 is 0. The lowest BCUT2D eigenvalue weighted by Gasteiger charge is -2.35. The third kappa shape index (κ3) is 5.81. The molecule has 0 bridgehead atoms. The smallest absolute Gasteiger partial charge is 0.226 e. The number of carbonyl (C=O) groups is 1. The summed E-state index contributed by atoms with van der Waals surface area (Å²) in [6, 6.07) is 3.80. The van der Waals surface area contributed by atoms with Gasteiger partial charge in [-0.2, -0.15) is 0 Å². The first-order valence-electron chi connectivity index (χ1n) is 7.06. The topological polar surface area (TPSA) is 68.0 Å². The van der Waals surface area contributed by atoms with Crippen LogP contribution in [0.3, 0.4) is 0 Å². The van der Waals surface area contributed by atoms with E-state index in [1.165, 1.54) is 19.3 Å². The highest BCUT2D eigenvalue weighted by Crippen LogP contribution is 2.38. The summed E-state index contributed by atoms with van der Waals surface area (Å²) in [5, 5.41) is 2.88. The van der Waals surface area contributed by atoms with Crippen LogP contribution in [0.4, 0.5) is 5.82 Å². The van der Waals surface area contributed by atoms with Crippen LogP contribution in [-0.2, 0) is 4.79 Å². The maximum absolute atomic E-state index is 12.1. The molecule has 0 aliphatic heterocycles. The zero-order chi connectivity index (χ0) is 13.7. The first-order chi connectivity index (χ1) is 9.13. The van der Waals surface area contributed by atoms with Gasteiger partial charge in [0.1, 0.15) is 5.82 Å². The predicted molar refractivity (Wildman–Crippen MR) is 91.3 cm³/mol. The Bertz CT molecular complexity index is 448. The van der Waals surface area contributed by atoms with Gasteiger partial charge >= 0.3 is 0 Å². The van der Waals surface area contributed by atoms with Crippen LogP contribution in [0.15, 0.2) is 18.3 Å². The third-order valence-electron chi connectivity index (χ3n) is 4.07. The molecule has 21 heavy (non-hydrogen) atoms. The van der Waals surface area contributed by atoms with E-state index in [9.17, 15) is 4.79 Å². The second-order valence-electron chi connectivity index (χ2n) is 5.71. The third-order valence-corrected chi connectivity index (χ3v) is 4.07. The fraction of sp³-hybridized carbons (Fsp3) is 0.600. The zero-order valence-corrected chi connectivity index (χ0v) is 14.1. The van der Waals surface area contributed by atoms with Gasteiger partial charge in [-0.05, 0) is 49.4 Å². The van der Waals surface area contributed by atoms with Crippen LogP contribution in [-0.4, -0.2) is 17.4 Å². The van der Waals surface area contributed by atoms with Crippen LogP contribution < -0.4 is 11.1 Å². The Morgan fingerprint density at radius 2 is 2.00 bits per heavy atom. The van der Waals surface area contributed by atoms with Gasteiger partial charge in [-0.3, -0.25) is 4.79 Å². The number of aromatic nitrogens is 1. The lowest BCUT2D eigenvalue weighted by molar-refractivity contribution is -0.118. The SMILES string of the molecule is Cc1ccnc(NC(=O)CC2(CN)CCCCC2)c1.Cl.Cl. The number of aryl methyl sites for hydroxylation is 1. The lowest BCUT2D eigenvalue weighted by Crippen LogP contribution is -2.36. The number of hydrogen-bond donors (Lipinski definition) is 2. The van der Waals surface area contributed by atoms with Crippen molar-refractivity contribution in [1.29, 1.82) is 0 Å². The minimum absolute atomic E-state index is 0. The Kier molecular flexibility index (Phi) is 8.86. The highest BCUT2D eigenvalue weighted by Gasteiger charge is 2.32. The molecule has 1 aromatic heterocycles. The molecule has 3 N–H and O–H groups in total. The van der Waals surface area contributed by atoms with Crippen LogP contribution in [0.5, 0.6) is 0 Å². The predicted octanol–water partition coefficient (Wildman–Crippen LogP) is 3.47. The van der Waals surface area contributed by atoms with E-state index in [4.69, 9.17) is 5.73 Å².